The van der Waals surface area contributed by atoms with Crippen LogP contribution in [0, 0.1) is 5.41 Å². The van der Waals surface area contributed by atoms with Gasteiger partial charge < -0.3 is 9.64 Å². The standard InChI is InChI=1S/C13H19N3O/c1-12(2,3)10-4-14-11(15-5-10)16-6-13(7-16)8-17-9-13/h4-5H,6-9H2,1-3H3. The summed E-state index contributed by atoms with van der Waals surface area (Å²) in [6, 6.07) is 0. The molecular weight excluding hydrogens is 214 g/mol. The molecule has 2 aliphatic heterocycles. The Kier molecular flexibility index (Phi) is 2.20. The summed E-state index contributed by atoms with van der Waals surface area (Å²) < 4.78 is 5.26. The normalized spacial score (nSPS) is 22.2. The minimum atomic E-state index is 0.122. The average Bonchev–Trinajstić information content (AvgIpc) is 2.12. The summed E-state index contributed by atoms with van der Waals surface area (Å²) in [5.74, 6) is 0.857. The fourth-order valence-corrected chi connectivity index (χ4v) is 2.35. The first-order valence-corrected chi connectivity index (χ1v) is 6.14. The van der Waals surface area contributed by atoms with Crippen molar-refractivity contribution >= 4 is 5.95 Å². The molecule has 3 rings (SSSR count). The van der Waals surface area contributed by atoms with E-state index in [1.165, 1.54) is 5.56 Å². The van der Waals surface area contributed by atoms with Gasteiger partial charge in [0, 0.05) is 25.5 Å². The van der Waals surface area contributed by atoms with Gasteiger partial charge in [0.15, 0.2) is 0 Å². The predicted octanol–water partition coefficient (Wildman–Crippen LogP) is 1.61. The maximum atomic E-state index is 5.26. The Morgan fingerprint density at radius 3 is 2.18 bits per heavy atom. The molecule has 1 spiro atoms. The maximum absolute atomic E-state index is 5.26. The molecule has 0 unspecified atom stereocenters. The van der Waals surface area contributed by atoms with Crippen LogP contribution in [0.5, 0.6) is 0 Å². The SMILES string of the molecule is CC(C)(C)c1cnc(N2CC3(COC3)C2)nc1. The van der Waals surface area contributed by atoms with Gasteiger partial charge in [0.25, 0.3) is 0 Å². The molecule has 1 aromatic heterocycles. The molecule has 4 heteroatoms. The third kappa shape index (κ3) is 1.80. The molecule has 0 atom stereocenters. The van der Waals surface area contributed by atoms with Crippen molar-refractivity contribution in [3.05, 3.63) is 18.0 Å². The molecule has 0 aromatic carbocycles. The molecule has 4 nitrogen and oxygen atoms in total. The van der Waals surface area contributed by atoms with Crippen molar-refractivity contribution in [2.45, 2.75) is 26.2 Å². The number of hydrogen-bond acceptors (Lipinski definition) is 4. The lowest BCUT2D eigenvalue weighted by atomic mass is 9.78. The molecule has 2 saturated heterocycles. The number of anilines is 1. The van der Waals surface area contributed by atoms with Crippen LogP contribution in [0.2, 0.25) is 0 Å². The van der Waals surface area contributed by atoms with Crippen LogP contribution in [0.4, 0.5) is 5.95 Å². The van der Waals surface area contributed by atoms with Gasteiger partial charge in [-0.05, 0) is 11.0 Å². The number of nitrogens with zero attached hydrogens (tertiary/aromatic N) is 3. The van der Waals surface area contributed by atoms with Crippen LogP contribution in [-0.2, 0) is 10.2 Å². The first-order valence-electron chi connectivity index (χ1n) is 6.14. The van der Waals surface area contributed by atoms with Gasteiger partial charge in [-0.3, -0.25) is 0 Å². The third-order valence-corrected chi connectivity index (χ3v) is 3.66. The summed E-state index contributed by atoms with van der Waals surface area (Å²) in [6.45, 7) is 10.4. The molecule has 2 aliphatic rings. The molecule has 3 heterocycles. The van der Waals surface area contributed by atoms with Gasteiger partial charge in [-0.25, -0.2) is 9.97 Å². The van der Waals surface area contributed by atoms with Gasteiger partial charge in [-0.15, -0.1) is 0 Å². The highest BCUT2D eigenvalue weighted by Crippen LogP contribution is 2.39. The molecule has 0 bridgehead atoms. The van der Waals surface area contributed by atoms with Gasteiger partial charge in [-0.1, -0.05) is 20.8 Å². The highest BCUT2D eigenvalue weighted by atomic mass is 16.5. The van der Waals surface area contributed by atoms with Gasteiger partial charge in [-0.2, -0.15) is 0 Å². The third-order valence-electron chi connectivity index (χ3n) is 3.66. The van der Waals surface area contributed by atoms with Crippen molar-refractivity contribution < 1.29 is 4.74 Å². The summed E-state index contributed by atoms with van der Waals surface area (Å²) in [7, 11) is 0. The molecule has 0 amide bonds. The smallest absolute Gasteiger partial charge is 0.225 e. The van der Waals surface area contributed by atoms with E-state index in [2.05, 4.69) is 35.6 Å². The molecule has 0 aliphatic carbocycles. The molecule has 1 aromatic rings. The Morgan fingerprint density at radius 2 is 1.76 bits per heavy atom. The minimum Gasteiger partial charge on any atom is -0.380 e. The number of hydrogen-bond donors (Lipinski definition) is 0. The monoisotopic (exact) mass is 233 g/mol. The summed E-state index contributed by atoms with van der Waals surface area (Å²) in [6.07, 6.45) is 3.90. The molecule has 0 radical (unpaired) electrons. The number of ether oxygens (including phenoxy) is 1. The fraction of sp³-hybridized carbons (Fsp3) is 0.692. The zero-order chi connectivity index (χ0) is 12.1. The van der Waals surface area contributed by atoms with Crippen LogP contribution < -0.4 is 4.90 Å². The Hall–Kier alpha value is -1.16. The summed E-state index contributed by atoms with van der Waals surface area (Å²) >= 11 is 0. The van der Waals surface area contributed by atoms with E-state index in [0.717, 1.165) is 32.3 Å². The molecular formula is C13H19N3O. The quantitative estimate of drug-likeness (QED) is 0.738. The van der Waals surface area contributed by atoms with E-state index in [-0.39, 0.29) is 5.41 Å². The van der Waals surface area contributed by atoms with E-state index in [1.807, 2.05) is 12.4 Å². The van der Waals surface area contributed by atoms with Crippen LogP contribution >= 0.6 is 0 Å². The zero-order valence-corrected chi connectivity index (χ0v) is 10.7. The van der Waals surface area contributed by atoms with E-state index < -0.39 is 0 Å². The number of aromatic nitrogens is 2. The number of rotatable bonds is 1. The Bertz CT molecular complexity index is 409. The van der Waals surface area contributed by atoms with E-state index >= 15 is 0 Å². The van der Waals surface area contributed by atoms with Crippen LogP contribution in [0.25, 0.3) is 0 Å². The van der Waals surface area contributed by atoms with Crippen molar-refractivity contribution in [3.8, 4) is 0 Å². The largest absolute Gasteiger partial charge is 0.380 e. The Balaban J connectivity index is 1.69. The van der Waals surface area contributed by atoms with Crippen molar-refractivity contribution in [3.63, 3.8) is 0 Å². The van der Waals surface area contributed by atoms with Crippen LogP contribution in [0.15, 0.2) is 12.4 Å². The second-order valence-electron chi connectivity index (χ2n) is 6.37. The van der Waals surface area contributed by atoms with Crippen LogP contribution in [-0.4, -0.2) is 36.3 Å². The minimum absolute atomic E-state index is 0.122. The van der Waals surface area contributed by atoms with Crippen molar-refractivity contribution in [2.24, 2.45) is 5.41 Å². The van der Waals surface area contributed by atoms with E-state index in [9.17, 15) is 0 Å². The molecule has 0 N–H and O–H groups in total. The van der Waals surface area contributed by atoms with Gasteiger partial charge in [0.1, 0.15) is 0 Å². The maximum Gasteiger partial charge on any atom is 0.225 e. The van der Waals surface area contributed by atoms with Crippen molar-refractivity contribution in [2.75, 3.05) is 31.2 Å². The average molecular weight is 233 g/mol. The highest BCUT2D eigenvalue weighted by molar-refractivity contribution is 5.38. The molecule has 92 valence electrons. The van der Waals surface area contributed by atoms with Gasteiger partial charge in [0.05, 0.1) is 18.6 Å². The van der Waals surface area contributed by atoms with Crippen LogP contribution in [0.1, 0.15) is 26.3 Å². The van der Waals surface area contributed by atoms with Crippen LogP contribution in [0.3, 0.4) is 0 Å². The summed E-state index contributed by atoms with van der Waals surface area (Å²) in [4.78, 5) is 11.2. The van der Waals surface area contributed by atoms with E-state index in [0.29, 0.717) is 5.41 Å². The second kappa shape index (κ2) is 3.42. The second-order valence-corrected chi connectivity index (χ2v) is 6.37. The first kappa shape index (κ1) is 11.0. The van der Waals surface area contributed by atoms with E-state index in [4.69, 9.17) is 4.74 Å². The summed E-state index contributed by atoms with van der Waals surface area (Å²) in [5, 5.41) is 0. The zero-order valence-electron chi connectivity index (χ0n) is 10.7. The first-order chi connectivity index (χ1) is 7.99. The summed E-state index contributed by atoms with van der Waals surface area (Å²) in [5.41, 5.74) is 1.73. The fourth-order valence-electron chi connectivity index (χ4n) is 2.35. The Labute approximate surface area is 102 Å². The van der Waals surface area contributed by atoms with E-state index in [1.54, 1.807) is 0 Å². The lowest BCUT2D eigenvalue weighted by Gasteiger charge is -2.54. The predicted molar refractivity (Wildman–Crippen MR) is 66.2 cm³/mol. The van der Waals surface area contributed by atoms with Gasteiger partial charge >= 0.3 is 0 Å². The lowest BCUT2D eigenvalue weighted by molar-refractivity contribution is -0.127. The van der Waals surface area contributed by atoms with Crippen molar-refractivity contribution in [1.29, 1.82) is 0 Å². The molecule has 2 fully saturated rings. The molecule has 17 heavy (non-hydrogen) atoms. The highest BCUT2D eigenvalue weighted by Gasteiger charge is 2.49. The van der Waals surface area contributed by atoms with Gasteiger partial charge in [0.2, 0.25) is 5.95 Å². The lowest BCUT2D eigenvalue weighted by Crippen LogP contribution is -2.66. The topological polar surface area (TPSA) is 38.2 Å². The molecule has 0 saturated carbocycles. The Morgan fingerprint density at radius 1 is 1.18 bits per heavy atom. The van der Waals surface area contributed by atoms with Crippen molar-refractivity contribution in [1.82, 2.24) is 9.97 Å².